The Balaban J connectivity index is 1.89. The first-order chi connectivity index (χ1) is 7.27. The molecule has 1 amide bonds. The van der Waals surface area contributed by atoms with Gasteiger partial charge in [-0.05, 0) is 40.9 Å². The molecule has 2 aliphatic rings. The van der Waals surface area contributed by atoms with Crippen LogP contribution in [0.1, 0.15) is 19.3 Å². The summed E-state index contributed by atoms with van der Waals surface area (Å²) in [6, 6.07) is 4.25. The van der Waals surface area contributed by atoms with Crippen molar-refractivity contribution < 1.29 is 4.79 Å². The summed E-state index contributed by atoms with van der Waals surface area (Å²) in [6.07, 6.45) is 5.11. The number of anilines is 1. The molecule has 2 fully saturated rings. The van der Waals surface area contributed by atoms with E-state index in [2.05, 4.69) is 20.9 Å². The highest BCUT2D eigenvalue weighted by Gasteiger charge is 2.50. The Morgan fingerprint density at radius 1 is 1.40 bits per heavy atom. The van der Waals surface area contributed by atoms with Crippen molar-refractivity contribution in [3.63, 3.8) is 0 Å². The van der Waals surface area contributed by atoms with E-state index in [9.17, 15) is 4.79 Å². The summed E-state index contributed by atoms with van der Waals surface area (Å²) in [4.78, 5) is 17.9. The molecular weight excluding hydrogens is 256 g/mol. The Kier molecular flexibility index (Phi) is 2.06. The first-order valence-corrected chi connectivity index (χ1v) is 6.01. The Morgan fingerprint density at radius 2 is 2.27 bits per heavy atom. The quantitative estimate of drug-likeness (QED) is 0.732. The van der Waals surface area contributed by atoms with Crippen molar-refractivity contribution in [2.75, 3.05) is 4.90 Å². The van der Waals surface area contributed by atoms with Gasteiger partial charge in [-0.15, -0.1) is 0 Å². The van der Waals surface area contributed by atoms with Crippen molar-refractivity contribution in [2.24, 2.45) is 5.92 Å². The molecular formula is C11H11BrN2O. The highest BCUT2D eigenvalue weighted by molar-refractivity contribution is 9.10. The van der Waals surface area contributed by atoms with E-state index >= 15 is 0 Å². The normalized spacial score (nSPS) is 28.9. The van der Waals surface area contributed by atoms with Gasteiger partial charge in [-0.25, -0.2) is 4.98 Å². The molecule has 3 rings (SSSR count). The molecule has 1 saturated carbocycles. The summed E-state index contributed by atoms with van der Waals surface area (Å²) >= 11 is 3.34. The summed E-state index contributed by atoms with van der Waals surface area (Å²) in [5.74, 6) is 1.34. The molecule has 2 atom stereocenters. The molecule has 1 saturated heterocycles. The molecule has 2 unspecified atom stereocenters. The fourth-order valence-electron chi connectivity index (χ4n) is 2.59. The molecule has 1 aromatic heterocycles. The summed E-state index contributed by atoms with van der Waals surface area (Å²) in [5.41, 5.74) is 0. The van der Waals surface area contributed by atoms with Crippen molar-refractivity contribution in [3.05, 3.63) is 22.8 Å². The van der Waals surface area contributed by atoms with E-state index in [4.69, 9.17) is 0 Å². The van der Waals surface area contributed by atoms with Crippen LogP contribution in [-0.2, 0) is 4.79 Å². The third-order valence-corrected chi connectivity index (χ3v) is 3.79. The van der Waals surface area contributed by atoms with Crippen molar-refractivity contribution >= 4 is 27.7 Å². The van der Waals surface area contributed by atoms with Crippen molar-refractivity contribution in [2.45, 2.75) is 25.3 Å². The fraction of sp³-hybridized carbons (Fsp3) is 0.455. The lowest BCUT2D eigenvalue weighted by molar-refractivity contribution is -0.129. The van der Waals surface area contributed by atoms with Crippen LogP contribution in [0.5, 0.6) is 0 Å². The predicted molar refractivity (Wildman–Crippen MR) is 60.6 cm³/mol. The molecule has 78 valence electrons. The van der Waals surface area contributed by atoms with E-state index < -0.39 is 0 Å². The lowest BCUT2D eigenvalue weighted by Crippen LogP contribution is -2.58. The van der Waals surface area contributed by atoms with Gasteiger partial charge in [0.15, 0.2) is 0 Å². The lowest BCUT2D eigenvalue weighted by Gasteiger charge is -2.42. The molecule has 1 aliphatic carbocycles. The van der Waals surface area contributed by atoms with E-state index in [1.54, 1.807) is 6.20 Å². The molecule has 1 aliphatic heterocycles. The molecule has 3 nitrogen and oxygen atoms in total. The first-order valence-electron chi connectivity index (χ1n) is 5.22. The number of hydrogen-bond donors (Lipinski definition) is 0. The lowest BCUT2D eigenvalue weighted by atomic mass is 9.91. The Bertz CT molecular complexity index is 404. The molecule has 0 bridgehead atoms. The number of rotatable bonds is 1. The SMILES string of the molecule is O=C1C2CCCC2N1c1ccc(Br)cn1. The second kappa shape index (κ2) is 3.30. The highest BCUT2D eigenvalue weighted by atomic mass is 79.9. The fourth-order valence-corrected chi connectivity index (χ4v) is 2.83. The van der Waals surface area contributed by atoms with Crippen LogP contribution in [0.3, 0.4) is 0 Å². The van der Waals surface area contributed by atoms with Gasteiger partial charge in [0.05, 0.1) is 5.92 Å². The molecule has 15 heavy (non-hydrogen) atoms. The number of hydrogen-bond acceptors (Lipinski definition) is 2. The number of aromatic nitrogens is 1. The molecule has 4 heteroatoms. The molecule has 0 aromatic carbocycles. The zero-order valence-corrected chi connectivity index (χ0v) is 9.77. The van der Waals surface area contributed by atoms with E-state index in [0.717, 1.165) is 23.1 Å². The predicted octanol–water partition coefficient (Wildman–Crippen LogP) is 2.36. The van der Waals surface area contributed by atoms with E-state index in [1.165, 1.54) is 6.42 Å². The molecule has 2 heterocycles. The van der Waals surface area contributed by atoms with Crippen molar-refractivity contribution in [1.29, 1.82) is 0 Å². The van der Waals surface area contributed by atoms with Crippen LogP contribution in [0, 0.1) is 5.92 Å². The molecule has 0 N–H and O–H groups in total. The summed E-state index contributed by atoms with van der Waals surface area (Å²) in [6.45, 7) is 0. The van der Waals surface area contributed by atoms with Crippen LogP contribution in [0.4, 0.5) is 5.82 Å². The maximum Gasteiger partial charge on any atom is 0.233 e. The minimum Gasteiger partial charge on any atom is -0.293 e. The zero-order valence-electron chi connectivity index (χ0n) is 8.19. The number of carbonyl (C=O) groups excluding carboxylic acids is 1. The average Bonchev–Trinajstić information content (AvgIpc) is 2.65. The number of halogens is 1. The van der Waals surface area contributed by atoms with Gasteiger partial charge in [0.25, 0.3) is 0 Å². The van der Waals surface area contributed by atoms with Crippen LogP contribution >= 0.6 is 15.9 Å². The van der Waals surface area contributed by atoms with Gasteiger partial charge in [0.1, 0.15) is 5.82 Å². The summed E-state index contributed by atoms with van der Waals surface area (Å²) in [5, 5.41) is 0. The van der Waals surface area contributed by atoms with Crippen molar-refractivity contribution in [1.82, 2.24) is 4.98 Å². The third kappa shape index (κ3) is 1.31. The van der Waals surface area contributed by atoms with Gasteiger partial charge in [-0.1, -0.05) is 6.42 Å². The second-order valence-corrected chi connectivity index (χ2v) is 5.06. The Hall–Kier alpha value is -0.900. The van der Waals surface area contributed by atoms with Gasteiger partial charge >= 0.3 is 0 Å². The maximum atomic E-state index is 11.8. The van der Waals surface area contributed by atoms with Crippen LogP contribution in [0.25, 0.3) is 0 Å². The van der Waals surface area contributed by atoms with E-state index in [0.29, 0.717) is 6.04 Å². The smallest absolute Gasteiger partial charge is 0.233 e. The van der Waals surface area contributed by atoms with Crippen LogP contribution in [-0.4, -0.2) is 16.9 Å². The number of β-lactam (4-membered cyclic amide) rings is 1. The minimum absolute atomic E-state index is 0.257. The van der Waals surface area contributed by atoms with Gasteiger partial charge in [-0.2, -0.15) is 0 Å². The molecule has 0 radical (unpaired) electrons. The molecule has 0 spiro atoms. The van der Waals surface area contributed by atoms with Crippen LogP contribution in [0.15, 0.2) is 22.8 Å². The van der Waals surface area contributed by atoms with Gasteiger partial charge in [0.2, 0.25) is 5.91 Å². The van der Waals surface area contributed by atoms with E-state index in [1.807, 2.05) is 17.0 Å². The Labute approximate surface area is 96.6 Å². The Morgan fingerprint density at radius 3 is 3.00 bits per heavy atom. The second-order valence-electron chi connectivity index (χ2n) is 4.15. The number of pyridine rings is 1. The topological polar surface area (TPSA) is 33.2 Å². The summed E-state index contributed by atoms with van der Waals surface area (Å²) in [7, 11) is 0. The first kappa shape index (κ1) is 9.33. The number of nitrogens with zero attached hydrogens (tertiary/aromatic N) is 2. The maximum absolute atomic E-state index is 11.8. The van der Waals surface area contributed by atoms with Crippen LogP contribution < -0.4 is 4.90 Å². The monoisotopic (exact) mass is 266 g/mol. The summed E-state index contributed by atoms with van der Waals surface area (Å²) < 4.78 is 0.946. The van der Waals surface area contributed by atoms with Crippen molar-refractivity contribution in [3.8, 4) is 0 Å². The van der Waals surface area contributed by atoms with Gasteiger partial charge in [0, 0.05) is 16.7 Å². The van der Waals surface area contributed by atoms with Gasteiger partial charge in [-0.3, -0.25) is 9.69 Å². The van der Waals surface area contributed by atoms with Crippen LogP contribution in [0.2, 0.25) is 0 Å². The zero-order chi connectivity index (χ0) is 10.4. The third-order valence-electron chi connectivity index (χ3n) is 3.32. The number of fused-ring (bicyclic) bond motifs is 1. The number of carbonyl (C=O) groups is 1. The minimum atomic E-state index is 0.257. The standard InChI is InChI=1S/C11H11BrN2O/c12-7-4-5-10(13-6-7)14-9-3-1-2-8(9)11(14)15/h4-6,8-9H,1-3H2. The number of amides is 1. The molecule has 1 aromatic rings. The van der Waals surface area contributed by atoms with E-state index in [-0.39, 0.29) is 11.8 Å². The van der Waals surface area contributed by atoms with Gasteiger partial charge < -0.3 is 0 Å². The largest absolute Gasteiger partial charge is 0.293 e. The highest BCUT2D eigenvalue weighted by Crippen LogP contribution is 2.42. The average molecular weight is 267 g/mol.